The summed E-state index contributed by atoms with van der Waals surface area (Å²) < 4.78 is 0. The van der Waals surface area contributed by atoms with Gasteiger partial charge in [0.2, 0.25) is 0 Å². The molecule has 19 heavy (non-hydrogen) atoms. The number of nitro groups is 1. The lowest BCUT2D eigenvalue weighted by atomic mass is 10.1. The second kappa shape index (κ2) is 5.46. The summed E-state index contributed by atoms with van der Waals surface area (Å²) >= 11 is 1.54. The molecule has 0 spiro atoms. The normalized spacial score (nSPS) is 9.89. The largest absolute Gasteiger partial charge is 0.368 e. The Kier molecular flexibility index (Phi) is 3.73. The van der Waals surface area contributed by atoms with Gasteiger partial charge in [0.1, 0.15) is 16.6 Å². The van der Waals surface area contributed by atoms with Crippen molar-refractivity contribution in [2.45, 2.75) is 6.54 Å². The molecule has 0 saturated heterocycles. The number of hydrogen-bond acceptors (Lipinski definition) is 6. The summed E-state index contributed by atoms with van der Waals surface area (Å²) in [5.74, 6) is 0. The molecule has 0 aliphatic rings. The van der Waals surface area contributed by atoms with Crippen molar-refractivity contribution in [2.24, 2.45) is 0 Å². The molecule has 96 valence electrons. The molecular weight excluding hydrogens is 264 g/mol. The topological polar surface area (TPSA) is 83.1 Å². The van der Waals surface area contributed by atoms with Crippen LogP contribution in [0, 0.1) is 21.4 Å². The summed E-state index contributed by atoms with van der Waals surface area (Å²) in [5, 5.41) is 22.5. The summed E-state index contributed by atoms with van der Waals surface area (Å²) in [6, 6.07) is 6.35. The maximum absolute atomic E-state index is 10.8. The first-order valence-corrected chi connectivity index (χ1v) is 6.28. The van der Waals surface area contributed by atoms with Gasteiger partial charge in [0.25, 0.3) is 5.69 Å². The lowest BCUT2D eigenvalue weighted by molar-refractivity contribution is -0.385. The lowest BCUT2D eigenvalue weighted by Crippen LogP contribution is -2.16. The number of anilines is 1. The van der Waals surface area contributed by atoms with Crippen LogP contribution in [0.4, 0.5) is 11.4 Å². The van der Waals surface area contributed by atoms with E-state index in [0.717, 1.165) is 10.7 Å². The Labute approximate surface area is 113 Å². The van der Waals surface area contributed by atoms with Crippen molar-refractivity contribution in [1.29, 1.82) is 5.26 Å². The molecule has 0 aliphatic heterocycles. The van der Waals surface area contributed by atoms with Crippen molar-refractivity contribution in [3.63, 3.8) is 0 Å². The van der Waals surface area contributed by atoms with E-state index in [0.29, 0.717) is 6.54 Å². The van der Waals surface area contributed by atoms with Crippen LogP contribution < -0.4 is 4.90 Å². The van der Waals surface area contributed by atoms with E-state index in [-0.39, 0.29) is 11.3 Å². The minimum absolute atomic E-state index is 0.0634. The SMILES string of the molecule is CN(Cc1nccs1)c1ccc([N+](=O)[O-])c(C#N)c1. The molecule has 0 bridgehead atoms. The van der Waals surface area contributed by atoms with Crippen molar-refractivity contribution in [3.05, 3.63) is 50.5 Å². The van der Waals surface area contributed by atoms with E-state index in [4.69, 9.17) is 5.26 Å². The van der Waals surface area contributed by atoms with Crippen molar-refractivity contribution < 1.29 is 4.92 Å². The van der Waals surface area contributed by atoms with Crippen molar-refractivity contribution >= 4 is 22.7 Å². The number of nitro benzene ring substituents is 1. The standard InChI is InChI=1S/C12H10N4O2S/c1-15(8-12-14-4-5-19-12)10-2-3-11(16(17)18)9(6-10)7-13/h2-6H,8H2,1H3. The first-order valence-electron chi connectivity index (χ1n) is 5.40. The number of hydrogen-bond donors (Lipinski definition) is 0. The lowest BCUT2D eigenvalue weighted by Gasteiger charge is -2.17. The molecule has 2 rings (SSSR count). The molecule has 1 aromatic carbocycles. The number of nitriles is 1. The molecule has 0 aliphatic carbocycles. The average Bonchev–Trinajstić information content (AvgIpc) is 2.90. The van der Waals surface area contributed by atoms with E-state index >= 15 is 0 Å². The van der Waals surface area contributed by atoms with Crippen LogP contribution in [0.1, 0.15) is 10.6 Å². The summed E-state index contributed by atoms with van der Waals surface area (Å²) in [4.78, 5) is 16.3. The second-order valence-electron chi connectivity index (χ2n) is 3.85. The first-order chi connectivity index (χ1) is 9.11. The second-order valence-corrected chi connectivity index (χ2v) is 4.83. The van der Waals surface area contributed by atoms with Gasteiger partial charge in [-0.15, -0.1) is 11.3 Å². The quantitative estimate of drug-likeness (QED) is 0.632. The summed E-state index contributed by atoms with van der Waals surface area (Å²) in [5.41, 5.74) is 0.639. The summed E-state index contributed by atoms with van der Waals surface area (Å²) in [6.07, 6.45) is 1.73. The average molecular weight is 274 g/mol. The number of aromatic nitrogens is 1. The van der Waals surface area contributed by atoms with Crippen LogP contribution in [0.2, 0.25) is 0 Å². The predicted molar refractivity (Wildman–Crippen MR) is 72.0 cm³/mol. The molecule has 0 unspecified atom stereocenters. The maximum Gasteiger partial charge on any atom is 0.287 e. The Hall–Kier alpha value is -2.46. The van der Waals surface area contributed by atoms with Crippen LogP contribution in [0.3, 0.4) is 0 Å². The Balaban J connectivity index is 2.26. The maximum atomic E-state index is 10.8. The Morgan fingerprint density at radius 3 is 2.95 bits per heavy atom. The van der Waals surface area contributed by atoms with E-state index in [1.807, 2.05) is 23.4 Å². The highest BCUT2D eigenvalue weighted by Gasteiger charge is 2.15. The Morgan fingerprint density at radius 2 is 2.37 bits per heavy atom. The van der Waals surface area contributed by atoms with Gasteiger partial charge >= 0.3 is 0 Å². The molecule has 0 radical (unpaired) electrons. The fourth-order valence-electron chi connectivity index (χ4n) is 1.64. The van der Waals surface area contributed by atoms with Gasteiger partial charge in [0, 0.05) is 30.4 Å². The van der Waals surface area contributed by atoms with Gasteiger partial charge < -0.3 is 4.90 Å². The van der Waals surface area contributed by atoms with Crippen LogP contribution in [-0.2, 0) is 6.54 Å². The monoisotopic (exact) mass is 274 g/mol. The fraction of sp³-hybridized carbons (Fsp3) is 0.167. The fourth-order valence-corrected chi connectivity index (χ4v) is 2.30. The van der Waals surface area contributed by atoms with E-state index in [1.165, 1.54) is 23.5 Å². The zero-order valence-electron chi connectivity index (χ0n) is 10.1. The number of thiazole rings is 1. The molecule has 7 heteroatoms. The third-order valence-electron chi connectivity index (χ3n) is 2.59. The zero-order valence-corrected chi connectivity index (χ0v) is 10.9. The van der Waals surface area contributed by atoms with Crippen LogP contribution in [0.5, 0.6) is 0 Å². The molecule has 1 heterocycles. The van der Waals surface area contributed by atoms with E-state index in [9.17, 15) is 10.1 Å². The molecule has 0 fully saturated rings. The molecule has 0 amide bonds. The van der Waals surface area contributed by atoms with Gasteiger partial charge in [-0.05, 0) is 12.1 Å². The van der Waals surface area contributed by atoms with Crippen molar-refractivity contribution in [2.75, 3.05) is 11.9 Å². The molecule has 6 nitrogen and oxygen atoms in total. The van der Waals surface area contributed by atoms with Gasteiger partial charge in [-0.3, -0.25) is 10.1 Å². The van der Waals surface area contributed by atoms with Crippen LogP contribution >= 0.6 is 11.3 Å². The van der Waals surface area contributed by atoms with Gasteiger partial charge in [-0.2, -0.15) is 5.26 Å². The van der Waals surface area contributed by atoms with Crippen LogP contribution in [0.15, 0.2) is 29.8 Å². The van der Waals surface area contributed by atoms with Gasteiger partial charge in [0.15, 0.2) is 0 Å². The minimum atomic E-state index is -0.552. The third-order valence-corrected chi connectivity index (χ3v) is 3.36. The predicted octanol–water partition coefficient (Wildman–Crippen LogP) is 2.56. The smallest absolute Gasteiger partial charge is 0.287 e. The highest BCUT2D eigenvalue weighted by Crippen LogP contribution is 2.24. The molecule has 0 atom stereocenters. The number of rotatable bonds is 4. The third kappa shape index (κ3) is 2.86. The molecular formula is C12H10N4O2S. The highest BCUT2D eigenvalue weighted by molar-refractivity contribution is 7.09. The summed E-state index contributed by atoms with van der Waals surface area (Å²) in [7, 11) is 1.85. The highest BCUT2D eigenvalue weighted by atomic mass is 32.1. The number of benzene rings is 1. The van der Waals surface area contributed by atoms with Gasteiger partial charge in [-0.1, -0.05) is 0 Å². The minimum Gasteiger partial charge on any atom is -0.368 e. The molecule has 1 aromatic heterocycles. The Bertz CT molecular complexity index is 634. The van der Waals surface area contributed by atoms with Gasteiger partial charge in [-0.25, -0.2) is 4.98 Å². The van der Waals surface area contributed by atoms with E-state index in [2.05, 4.69) is 4.98 Å². The van der Waals surface area contributed by atoms with E-state index in [1.54, 1.807) is 12.3 Å². The zero-order chi connectivity index (χ0) is 13.8. The van der Waals surface area contributed by atoms with E-state index < -0.39 is 4.92 Å². The molecule has 2 aromatic rings. The summed E-state index contributed by atoms with van der Waals surface area (Å²) in [6.45, 7) is 0.598. The van der Waals surface area contributed by atoms with Crippen LogP contribution in [-0.4, -0.2) is 17.0 Å². The van der Waals surface area contributed by atoms with Crippen molar-refractivity contribution in [3.8, 4) is 6.07 Å². The van der Waals surface area contributed by atoms with Gasteiger partial charge in [0.05, 0.1) is 11.5 Å². The Morgan fingerprint density at radius 1 is 1.58 bits per heavy atom. The van der Waals surface area contributed by atoms with Crippen molar-refractivity contribution in [1.82, 2.24) is 4.98 Å². The molecule has 0 saturated carbocycles. The number of nitrogens with zero attached hydrogens (tertiary/aromatic N) is 4. The first kappa shape index (κ1) is 13.0. The molecule has 0 N–H and O–H groups in total. The van der Waals surface area contributed by atoms with Crippen LogP contribution in [0.25, 0.3) is 0 Å².